The van der Waals surface area contributed by atoms with Crippen molar-refractivity contribution in [1.29, 1.82) is 0 Å². The van der Waals surface area contributed by atoms with Crippen LogP contribution in [0.4, 0.5) is 10.1 Å². The van der Waals surface area contributed by atoms with Crippen LogP contribution in [0, 0.1) is 19.7 Å². The first-order valence-electron chi connectivity index (χ1n) is 9.92. The van der Waals surface area contributed by atoms with Gasteiger partial charge in [-0.2, -0.15) is 0 Å². The van der Waals surface area contributed by atoms with Crippen molar-refractivity contribution in [2.45, 2.75) is 39.3 Å². The van der Waals surface area contributed by atoms with Crippen LogP contribution < -0.4 is 5.32 Å². The molecule has 1 aliphatic carbocycles. The van der Waals surface area contributed by atoms with Crippen molar-refractivity contribution in [3.8, 4) is 0 Å². The number of nitrogens with zero attached hydrogens (tertiary/aromatic N) is 2. The molecular formula is C23H28FN3O2. The van der Waals surface area contributed by atoms with Gasteiger partial charge in [0.05, 0.1) is 13.1 Å². The lowest BCUT2D eigenvalue weighted by Gasteiger charge is -2.25. The van der Waals surface area contributed by atoms with E-state index in [1.807, 2.05) is 32.0 Å². The second kappa shape index (κ2) is 9.18. The summed E-state index contributed by atoms with van der Waals surface area (Å²) in [7, 11) is 1.75. The number of benzene rings is 2. The number of carbonyl (C=O) groups excluding carboxylic acids is 2. The van der Waals surface area contributed by atoms with E-state index in [9.17, 15) is 14.0 Å². The Morgan fingerprint density at radius 1 is 1.03 bits per heavy atom. The highest BCUT2D eigenvalue weighted by Gasteiger charge is 2.33. The molecule has 1 N–H and O–H groups in total. The molecule has 0 unspecified atom stereocenters. The smallest absolute Gasteiger partial charge is 0.238 e. The zero-order chi connectivity index (χ0) is 21.0. The van der Waals surface area contributed by atoms with E-state index in [4.69, 9.17) is 0 Å². The second-order valence-electron chi connectivity index (χ2n) is 7.83. The van der Waals surface area contributed by atoms with Crippen LogP contribution >= 0.6 is 0 Å². The van der Waals surface area contributed by atoms with Gasteiger partial charge in [-0.1, -0.05) is 36.4 Å². The van der Waals surface area contributed by atoms with Crippen LogP contribution in [0.2, 0.25) is 0 Å². The van der Waals surface area contributed by atoms with Gasteiger partial charge in [-0.3, -0.25) is 14.5 Å². The first kappa shape index (κ1) is 21.0. The third-order valence-electron chi connectivity index (χ3n) is 5.17. The summed E-state index contributed by atoms with van der Waals surface area (Å²) in [6, 6.07) is 12.6. The van der Waals surface area contributed by atoms with Crippen molar-refractivity contribution in [2.24, 2.45) is 0 Å². The van der Waals surface area contributed by atoms with E-state index in [1.54, 1.807) is 35.0 Å². The van der Waals surface area contributed by atoms with Crippen LogP contribution in [0.1, 0.15) is 29.5 Å². The minimum Gasteiger partial charge on any atom is -0.334 e. The molecule has 0 atom stereocenters. The van der Waals surface area contributed by atoms with Crippen LogP contribution in [0.3, 0.4) is 0 Å². The third-order valence-corrected chi connectivity index (χ3v) is 5.17. The highest BCUT2D eigenvalue weighted by Crippen LogP contribution is 2.29. The number of likely N-dealkylation sites (N-methyl/N-ethyl adjacent to an activating group) is 1. The van der Waals surface area contributed by atoms with Gasteiger partial charge in [-0.25, -0.2) is 4.39 Å². The highest BCUT2D eigenvalue weighted by atomic mass is 19.1. The Bertz CT molecular complexity index is 875. The summed E-state index contributed by atoms with van der Waals surface area (Å²) in [5.41, 5.74) is 3.34. The third kappa shape index (κ3) is 5.64. The van der Waals surface area contributed by atoms with E-state index in [-0.39, 0.29) is 43.3 Å². The van der Waals surface area contributed by atoms with Gasteiger partial charge < -0.3 is 10.2 Å². The minimum absolute atomic E-state index is 0.0851. The van der Waals surface area contributed by atoms with E-state index in [2.05, 4.69) is 5.32 Å². The van der Waals surface area contributed by atoms with Gasteiger partial charge in [0.25, 0.3) is 0 Å². The molecule has 0 heterocycles. The number of carbonyl (C=O) groups is 2. The van der Waals surface area contributed by atoms with Crippen LogP contribution in [0.15, 0.2) is 42.5 Å². The van der Waals surface area contributed by atoms with Gasteiger partial charge in [0.2, 0.25) is 11.8 Å². The Balaban J connectivity index is 1.57. The Labute approximate surface area is 171 Å². The zero-order valence-corrected chi connectivity index (χ0v) is 17.2. The molecule has 2 aromatic carbocycles. The number of hydrogen-bond donors (Lipinski definition) is 1. The fourth-order valence-electron chi connectivity index (χ4n) is 3.43. The van der Waals surface area contributed by atoms with Gasteiger partial charge in [-0.15, -0.1) is 0 Å². The highest BCUT2D eigenvalue weighted by molar-refractivity contribution is 5.94. The first-order chi connectivity index (χ1) is 13.8. The molecule has 0 saturated heterocycles. The largest absolute Gasteiger partial charge is 0.334 e. The maximum atomic E-state index is 14.0. The van der Waals surface area contributed by atoms with Gasteiger partial charge in [0.1, 0.15) is 5.82 Å². The Morgan fingerprint density at radius 3 is 2.31 bits per heavy atom. The molecule has 0 aromatic heterocycles. The van der Waals surface area contributed by atoms with E-state index in [1.165, 1.54) is 6.07 Å². The lowest BCUT2D eigenvalue weighted by molar-refractivity contribution is -0.133. The molecule has 154 valence electrons. The molecule has 6 heteroatoms. The molecule has 2 aromatic rings. The molecule has 5 nitrogen and oxygen atoms in total. The number of anilines is 1. The number of amides is 2. The fraction of sp³-hybridized carbons (Fsp3) is 0.391. The molecule has 3 rings (SSSR count). The van der Waals surface area contributed by atoms with Crippen molar-refractivity contribution in [3.05, 3.63) is 65.0 Å². The summed E-state index contributed by atoms with van der Waals surface area (Å²) in [5, 5.41) is 2.94. The van der Waals surface area contributed by atoms with Crippen LogP contribution in [-0.4, -0.2) is 47.8 Å². The van der Waals surface area contributed by atoms with Crippen molar-refractivity contribution in [3.63, 3.8) is 0 Å². The number of para-hydroxylation sites is 1. The van der Waals surface area contributed by atoms with Crippen LogP contribution in [-0.2, 0) is 16.1 Å². The quantitative estimate of drug-likeness (QED) is 0.742. The van der Waals surface area contributed by atoms with Gasteiger partial charge in [0, 0.05) is 23.8 Å². The van der Waals surface area contributed by atoms with E-state index >= 15 is 0 Å². The SMILES string of the molecule is Cc1cccc(C)c1NC(=O)CN(C)CC(=O)N(Cc1ccccc1F)C1CC1. The van der Waals surface area contributed by atoms with Gasteiger partial charge >= 0.3 is 0 Å². The van der Waals surface area contributed by atoms with Crippen LogP contribution in [0.25, 0.3) is 0 Å². The predicted molar refractivity (Wildman–Crippen MR) is 112 cm³/mol. The van der Waals surface area contributed by atoms with Crippen molar-refractivity contribution >= 4 is 17.5 Å². The fourth-order valence-corrected chi connectivity index (χ4v) is 3.43. The van der Waals surface area contributed by atoms with Crippen molar-refractivity contribution < 1.29 is 14.0 Å². The molecular weight excluding hydrogens is 369 g/mol. The van der Waals surface area contributed by atoms with Gasteiger partial charge in [-0.05, 0) is 50.9 Å². The maximum absolute atomic E-state index is 14.0. The molecule has 29 heavy (non-hydrogen) atoms. The Kier molecular flexibility index (Phi) is 6.64. The monoisotopic (exact) mass is 397 g/mol. The molecule has 0 spiro atoms. The molecule has 1 aliphatic rings. The second-order valence-corrected chi connectivity index (χ2v) is 7.83. The van der Waals surface area contributed by atoms with E-state index in [0.717, 1.165) is 29.7 Å². The standard InChI is InChI=1S/C23H28FN3O2/c1-16-7-6-8-17(2)23(16)25-21(28)14-26(3)15-22(29)27(19-11-12-19)13-18-9-4-5-10-20(18)24/h4-10,19H,11-15H2,1-3H3,(H,25,28). The average Bonchev–Trinajstić information content (AvgIpc) is 3.49. The average molecular weight is 397 g/mol. The predicted octanol–water partition coefficient (Wildman–Crippen LogP) is 3.50. The van der Waals surface area contributed by atoms with Gasteiger partial charge in [0.15, 0.2) is 0 Å². The lowest BCUT2D eigenvalue weighted by atomic mass is 10.1. The topological polar surface area (TPSA) is 52.7 Å². The summed E-state index contributed by atoms with van der Waals surface area (Å²) >= 11 is 0. The number of nitrogens with one attached hydrogen (secondary N) is 1. The lowest BCUT2D eigenvalue weighted by Crippen LogP contribution is -2.42. The minimum atomic E-state index is -0.299. The first-order valence-corrected chi connectivity index (χ1v) is 9.92. The van der Waals surface area contributed by atoms with E-state index < -0.39 is 0 Å². The molecule has 0 aliphatic heterocycles. The molecule has 1 fully saturated rings. The molecule has 0 radical (unpaired) electrons. The Morgan fingerprint density at radius 2 is 1.69 bits per heavy atom. The Hall–Kier alpha value is -2.73. The molecule has 1 saturated carbocycles. The summed E-state index contributed by atoms with van der Waals surface area (Å²) < 4.78 is 14.0. The van der Waals surface area contributed by atoms with Crippen molar-refractivity contribution in [2.75, 3.05) is 25.5 Å². The number of hydrogen-bond acceptors (Lipinski definition) is 3. The normalized spacial score (nSPS) is 13.4. The maximum Gasteiger partial charge on any atom is 0.238 e. The summed E-state index contributed by atoms with van der Waals surface area (Å²) in [6.45, 7) is 4.39. The summed E-state index contributed by atoms with van der Waals surface area (Å²) in [4.78, 5) is 28.7. The number of halogens is 1. The molecule has 0 bridgehead atoms. The van der Waals surface area contributed by atoms with Crippen LogP contribution in [0.5, 0.6) is 0 Å². The zero-order valence-electron chi connectivity index (χ0n) is 17.2. The summed E-state index contributed by atoms with van der Waals surface area (Å²) in [6.07, 6.45) is 1.88. The number of aryl methyl sites for hydroxylation is 2. The van der Waals surface area contributed by atoms with E-state index in [0.29, 0.717) is 5.56 Å². The summed E-state index contributed by atoms with van der Waals surface area (Å²) in [5.74, 6) is -0.546. The molecule has 2 amide bonds. The number of rotatable bonds is 8. The van der Waals surface area contributed by atoms with Crippen molar-refractivity contribution in [1.82, 2.24) is 9.80 Å².